The number of halogens is 4. The SMILES string of the molecule is O=C(Cn1c(=O)n(-c2ccc(Br)cc2)c2ccccc21)NCC(F)(F)F. The number of nitrogens with one attached hydrogen (secondary N) is 1. The number of nitrogens with zero attached hydrogens (tertiary/aromatic N) is 2. The highest BCUT2D eigenvalue weighted by Gasteiger charge is 2.28. The number of hydrogen-bond acceptors (Lipinski definition) is 2. The van der Waals surface area contributed by atoms with Gasteiger partial charge in [-0.3, -0.25) is 13.9 Å². The summed E-state index contributed by atoms with van der Waals surface area (Å²) in [7, 11) is 0. The van der Waals surface area contributed by atoms with Crippen molar-refractivity contribution in [1.82, 2.24) is 14.5 Å². The number of carbonyl (C=O) groups is 1. The number of rotatable bonds is 4. The van der Waals surface area contributed by atoms with Crippen molar-refractivity contribution in [3.63, 3.8) is 0 Å². The minimum Gasteiger partial charge on any atom is -0.345 e. The van der Waals surface area contributed by atoms with Crippen LogP contribution in [0.2, 0.25) is 0 Å². The van der Waals surface area contributed by atoms with E-state index in [1.54, 1.807) is 53.8 Å². The van der Waals surface area contributed by atoms with Gasteiger partial charge in [-0.15, -0.1) is 0 Å². The molecule has 0 aliphatic heterocycles. The Labute approximate surface area is 154 Å². The quantitative estimate of drug-likeness (QED) is 0.694. The lowest BCUT2D eigenvalue weighted by Gasteiger charge is -2.08. The van der Waals surface area contributed by atoms with Crippen LogP contribution in [-0.4, -0.2) is 27.8 Å². The number of benzene rings is 2. The van der Waals surface area contributed by atoms with Crippen LogP contribution in [0.5, 0.6) is 0 Å². The number of aromatic nitrogens is 2. The summed E-state index contributed by atoms with van der Waals surface area (Å²) in [6.45, 7) is -1.94. The van der Waals surface area contributed by atoms with Crippen molar-refractivity contribution in [3.05, 3.63) is 63.5 Å². The van der Waals surface area contributed by atoms with E-state index in [4.69, 9.17) is 0 Å². The van der Waals surface area contributed by atoms with Crippen LogP contribution >= 0.6 is 15.9 Å². The molecule has 3 aromatic rings. The molecule has 0 aliphatic carbocycles. The molecule has 0 bridgehead atoms. The fourth-order valence-corrected chi connectivity index (χ4v) is 2.86. The van der Waals surface area contributed by atoms with Crippen LogP contribution in [-0.2, 0) is 11.3 Å². The summed E-state index contributed by atoms with van der Waals surface area (Å²) in [5.41, 5.74) is 1.10. The maximum atomic E-state index is 12.8. The highest BCUT2D eigenvalue weighted by Crippen LogP contribution is 2.19. The summed E-state index contributed by atoms with van der Waals surface area (Å²) in [5.74, 6) is -0.886. The van der Waals surface area contributed by atoms with E-state index in [1.165, 1.54) is 4.57 Å². The minimum absolute atomic E-state index is 0.461. The van der Waals surface area contributed by atoms with E-state index in [2.05, 4.69) is 15.9 Å². The molecule has 5 nitrogen and oxygen atoms in total. The first-order chi connectivity index (χ1) is 12.3. The molecule has 0 aliphatic rings. The van der Waals surface area contributed by atoms with Gasteiger partial charge in [0.25, 0.3) is 0 Å². The third kappa shape index (κ3) is 3.82. The molecule has 136 valence electrons. The van der Waals surface area contributed by atoms with E-state index in [9.17, 15) is 22.8 Å². The summed E-state index contributed by atoms with van der Waals surface area (Å²) in [5, 5.41) is 1.78. The Morgan fingerprint density at radius 2 is 1.65 bits per heavy atom. The van der Waals surface area contributed by atoms with Gasteiger partial charge in [0.15, 0.2) is 0 Å². The summed E-state index contributed by atoms with van der Waals surface area (Å²) in [4.78, 5) is 24.7. The Morgan fingerprint density at radius 3 is 2.27 bits per heavy atom. The van der Waals surface area contributed by atoms with Crippen molar-refractivity contribution in [1.29, 1.82) is 0 Å². The topological polar surface area (TPSA) is 56.0 Å². The molecule has 0 saturated heterocycles. The van der Waals surface area contributed by atoms with Gasteiger partial charge >= 0.3 is 11.9 Å². The van der Waals surface area contributed by atoms with Gasteiger partial charge < -0.3 is 5.32 Å². The molecule has 0 unspecified atom stereocenters. The molecule has 0 atom stereocenters. The molecule has 1 N–H and O–H groups in total. The molecule has 9 heteroatoms. The molecule has 1 aromatic heterocycles. The molecular formula is C17H13BrF3N3O2. The second-order valence-electron chi connectivity index (χ2n) is 5.56. The number of hydrogen-bond donors (Lipinski definition) is 1. The van der Waals surface area contributed by atoms with Crippen LogP contribution in [0.3, 0.4) is 0 Å². The molecule has 0 fully saturated rings. The van der Waals surface area contributed by atoms with E-state index < -0.39 is 30.9 Å². The van der Waals surface area contributed by atoms with E-state index in [-0.39, 0.29) is 0 Å². The number of carbonyl (C=O) groups excluding carboxylic acids is 1. The van der Waals surface area contributed by atoms with Gasteiger partial charge in [-0.1, -0.05) is 28.1 Å². The lowest BCUT2D eigenvalue weighted by atomic mass is 10.3. The van der Waals surface area contributed by atoms with Crippen molar-refractivity contribution in [2.24, 2.45) is 0 Å². The zero-order chi connectivity index (χ0) is 18.9. The maximum Gasteiger partial charge on any atom is 0.405 e. The molecule has 2 aromatic carbocycles. The Morgan fingerprint density at radius 1 is 1.04 bits per heavy atom. The van der Waals surface area contributed by atoms with Crippen molar-refractivity contribution < 1.29 is 18.0 Å². The average molecular weight is 428 g/mol. The number of amides is 1. The van der Waals surface area contributed by atoms with Gasteiger partial charge in [0.2, 0.25) is 5.91 Å². The van der Waals surface area contributed by atoms with Crippen LogP contribution in [0, 0.1) is 0 Å². The Kier molecular flexibility index (Phi) is 4.90. The summed E-state index contributed by atoms with van der Waals surface area (Å²) >= 11 is 3.32. The van der Waals surface area contributed by atoms with Crippen LogP contribution in [0.25, 0.3) is 16.7 Å². The third-order valence-corrected chi connectivity index (χ3v) is 4.24. The van der Waals surface area contributed by atoms with Gasteiger partial charge in [-0.25, -0.2) is 4.79 Å². The van der Waals surface area contributed by atoms with Gasteiger partial charge in [0.05, 0.1) is 16.7 Å². The molecule has 0 saturated carbocycles. The summed E-state index contributed by atoms with van der Waals surface area (Å²) in [6, 6.07) is 13.8. The zero-order valence-electron chi connectivity index (χ0n) is 13.3. The van der Waals surface area contributed by atoms with Gasteiger partial charge in [-0.05, 0) is 36.4 Å². The molecule has 1 heterocycles. The number of para-hydroxylation sites is 2. The van der Waals surface area contributed by atoms with E-state index in [0.717, 1.165) is 9.04 Å². The highest BCUT2D eigenvalue weighted by molar-refractivity contribution is 9.10. The number of imidazole rings is 1. The van der Waals surface area contributed by atoms with Gasteiger partial charge in [-0.2, -0.15) is 13.2 Å². The van der Waals surface area contributed by atoms with Crippen LogP contribution in [0.1, 0.15) is 0 Å². The minimum atomic E-state index is -4.51. The van der Waals surface area contributed by atoms with Gasteiger partial charge in [0.1, 0.15) is 13.1 Å². The monoisotopic (exact) mass is 427 g/mol. The number of alkyl halides is 3. The standard InChI is InChI=1S/C17H13BrF3N3O2/c18-11-5-7-12(8-6-11)24-14-4-2-1-3-13(14)23(16(24)26)9-15(25)22-10-17(19,20)21/h1-8H,9-10H2,(H,22,25). The fraction of sp³-hybridized carbons (Fsp3) is 0.176. The zero-order valence-corrected chi connectivity index (χ0v) is 14.8. The predicted octanol–water partition coefficient (Wildman–Crippen LogP) is 3.23. The Balaban J connectivity index is 2.02. The highest BCUT2D eigenvalue weighted by atomic mass is 79.9. The first-order valence-corrected chi connectivity index (χ1v) is 8.35. The average Bonchev–Trinajstić information content (AvgIpc) is 2.86. The summed E-state index contributed by atoms with van der Waals surface area (Å²) < 4.78 is 40.2. The lowest BCUT2D eigenvalue weighted by Crippen LogP contribution is -2.37. The van der Waals surface area contributed by atoms with Crippen LogP contribution < -0.4 is 11.0 Å². The van der Waals surface area contributed by atoms with Gasteiger partial charge in [0, 0.05) is 4.47 Å². The van der Waals surface area contributed by atoms with Crippen LogP contribution in [0.4, 0.5) is 13.2 Å². The van der Waals surface area contributed by atoms with Crippen molar-refractivity contribution in [2.45, 2.75) is 12.7 Å². The smallest absolute Gasteiger partial charge is 0.345 e. The molecular weight excluding hydrogens is 415 g/mol. The normalized spacial score (nSPS) is 11.7. The Bertz CT molecular complexity index is 1010. The van der Waals surface area contributed by atoms with Crippen molar-refractivity contribution in [3.8, 4) is 5.69 Å². The molecule has 0 radical (unpaired) electrons. The largest absolute Gasteiger partial charge is 0.405 e. The first-order valence-electron chi connectivity index (χ1n) is 7.56. The lowest BCUT2D eigenvalue weighted by molar-refractivity contribution is -0.138. The second-order valence-corrected chi connectivity index (χ2v) is 6.48. The van der Waals surface area contributed by atoms with Crippen molar-refractivity contribution in [2.75, 3.05) is 6.54 Å². The molecule has 0 spiro atoms. The fourth-order valence-electron chi connectivity index (χ4n) is 2.60. The van der Waals surface area contributed by atoms with E-state index in [1.807, 2.05) is 0 Å². The maximum absolute atomic E-state index is 12.8. The molecule has 26 heavy (non-hydrogen) atoms. The van der Waals surface area contributed by atoms with Crippen LogP contribution in [0.15, 0.2) is 57.8 Å². The number of fused-ring (bicyclic) bond motifs is 1. The predicted molar refractivity (Wildman–Crippen MR) is 94.3 cm³/mol. The van der Waals surface area contributed by atoms with E-state index in [0.29, 0.717) is 16.7 Å². The first kappa shape index (κ1) is 18.2. The second kappa shape index (κ2) is 6.99. The van der Waals surface area contributed by atoms with E-state index >= 15 is 0 Å². The molecule has 3 rings (SSSR count). The molecule has 1 amide bonds. The summed E-state index contributed by atoms with van der Waals surface area (Å²) in [6.07, 6.45) is -4.51. The van der Waals surface area contributed by atoms with Crippen molar-refractivity contribution >= 4 is 32.9 Å². The Hall–Kier alpha value is -2.55. The third-order valence-electron chi connectivity index (χ3n) is 3.71.